The number of methoxy groups -OCH3 is 1. The van der Waals surface area contributed by atoms with Crippen molar-refractivity contribution in [3.63, 3.8) is 0 Å². The van der Waals surface area contributed by atoms with Crippen molar-refractivity contribution < 1.29 is 19.0 Å². The minimum Gasteiger partial charge on any atom is -0.496 e. The Morgan fingerprint density at radius 2 is 1.89 bits per heavy atom. The van der Waals surface area contributed by atoms with E-state index in [4.69, 9.17) is 4.74 Å². The monoisotopic (exact) mass is 530 g/mol. The molecule has 0 spiro atoms. The third kappa shape index (κ3) is 4.79. The lowest BCUT2D eigenvalue weighted by Gasteiger charge is -2.20. The number of hydrogen-bond donors (Lipinski definition) is 2. The number of rotatable bonds is 8. The molecule has 13 heteroatoms. The van der Waals surface area contributed by atoms with Gasteiger partial charge in [-0.05, 0) is 45.9 Å². The summed E-state index contributed by atoms with van der Waals surface area (Å²) in [7, 11) is 1.38. The third-order valence-corrected chi connectivity index (χ3v) is 7.20. The van der Waals surface area contributed by atoms with Gasteiger partial charge in [-0.2, -0.15) is 10.2 Å². The first-order valence-corrected chi connectivity index (χ1v) is 12.3. The number of hydrogen-bond acceptors (Lipinski definition) is 8. The summed E-state index contributed by atoms with van der Waals surface area (Å²) in [4.78, 5) is 41.8. The summed E-state index contributed by atoms with van der Waals surface area (Å²) in [6.07, 6.45) is 1.59. The van der Waals surface area contributed by atoms with Crippen molar-refractivity contribution in [1.29, 1.82) is 0 Å². The van der Waals surface area contributed by atoms with E-state index in [-0.39, 0.29) is 34.1 Å². The summed E-state index contributed by atoms with van der Waals surface area (Å²) in [5.74, 6) is -0.857. The Labute approximate surface area is 214 Å². The maximum atomic E-state index is 14.0. The Kier molecular flexibility index (Phi) is 7.28. The van der Waals surface area contributed by atoms with Gasteiger partial charge in [-0.15, -0.1) is 4.80 Å². The second-order valence-corrected chi connectivity index (χ2v) is 9.82. The van der Waals surface area contributed by atoms with Crippen LogP contribution in [0.2, 0.25) is 0 Å². The highest BCUT2D eigenvalue weighted by Crippen LogP contribution is 2.32. The normalized spacial score (nSPS) is 13.2. The summed E-state index contributed by atoms with van der Waals surface area (Å²) < 4.78 is 21.4. The van der Waals surface area contributed by atoms with Crippen LogP contribution >= 0.6 is 11.3 Å². The highest BCUT2D eigenvalue weighted by atomic mass is 32.1. The van der Waals surface area contributed by atoms with Gasteiger partial charge in [0.2, 0.25) is 5.91 Å². The lowest BCUT2D eigenvalue weighted by atomic mass is 10.1. The minimum atomic E-state index is -1.37. The Bertz CT molecular complexity index is 1570. The van der Waals surface area contributed by atoms with Crippen LogP contribution in [0.4, 0.5) is 4.39 Å². The maximum absolute atomic E-state index is 14.0. The molecule has 0 aliphatic carbocycles. The van der Waals surface area contributed by atoms with Crippen LogP contribution in [0.25, 0.3) is 15.2 Å². The number of aliphatic hydroxyl groups is 1. The highest BCUT2D eigenvalue weighted by molar-refractivity contribution is 7.21. The Hall–Kier alpha value is -3.84. The Morgan fingerprint density at radius 3 is 2.51 bits per heavy atom. The van der Waals surface area contributed by atoms with Gasteiger partial charge in [-0.1, -0.05) is 11.3 Å². The zero-order chi connectivity index (χ0) is 27.0. The number of carbonyl (C=O) groups excluding carboxylic acids is 1. The number of thiophene rings is 1. The van der Waals surface area contributed by atoms with Crippen LogP contribution in [0.1, 0.15) is 44.0 Å². The average Bonchev–Trinajstić information content (AvgIpc) is 3.49. The molecule has 4 rings (SSSR count). The number of aryl methyl sites for hydroxylation is 1. The van der Waals surface area contributed by atoms with Crippen molar-refractivity contribution in [2.75, 3.05) is 7.11 Å². The zero-order valence-corrected chi connectivity index (χ0v) is 21.7. The standard InChI is InChI=1S/C24H27FN6O5S/c1-12(2)28-20(33)14(4)30-21(34)19-13(3)22(31-26-8-9-27-31)37-23(19)29(24(30)35)11-17(32)16-10-15(25)6-7-18(16)36-5/h6-10,12,14,17,32H,11H2,1-5H3,(H,28,33). The number of aromatic nitrogens is 5. The van der Waals surface area contributed by atoms with Gasteiger partial charge < -0.3 is 15.2 Å². The van der Waals surface area contributed by atoms with Gasteiger partial charge in [-0.25, -0.2) is 13.8 Å². The Morgan fingerprint density at radius 1 is 1.22 bits per heavy atom. The molecule has 37 heavy (non-hydrogen) atoms. The van der Waals surface area contributed by atoms with Gasteiger partial charge in [0.15, 0.2) is 0 Å². The predicted octanol–water partition coefficient (Wildman–Crippen LogP) is 2.08. The first-order chi connectivity index (χ1) is 17.5. The van der Waals surface area contributed by atoms with E-state index in [1.807, 2.05) is 0 Å². The fourth-order valence-corrected chi connectivity index (χ4v) is 5.35. The zero-order valence-electron chi connectivity index (χ0n) is 20.9. The molecule has 4 aromatic rings. The molecule has 3 heterocycles. The molecule has 196 valence electrons. The topological polar surface area (TPSA) is 133 Å². The molecule has 0 radical (unpaired) electrons. The first kappa shape index (κ1) is 26.2. The van der Waals surface area contributed by atoms with Crippen LogP contribution in [-0.2, 0) is 11.3 Å². The van der Waals surface area contributed by atoms with Crippen LogP contribution in [0.5, 0.6) is 5.75 Å². The number of aliphatic hydroxyl groups excluding tert-OH is 1. The van der Waals surface area contributed by atoms with Crippen LogP contribution in [0.15, 0.2) is 40.2 Å². The summed E-state index contributed by atoms with van der Waals surface area (Å²) >= 11 is 1.10. The molecule has 3 aromatic heterocycles. The molecular formula is C24H27FN6O5S. The molecule has 1 amide bonds. The number of ether oxygens (including phenoxy) is 1. The van der Waals surface area contributed by atoms with Gasteiger partial charge in [0, 0.05) is 17.2 Å². The summed E-state index contributed by atoms with van der Waals surface area (Å²) in [5.41, 5.74) is -0.793. The van der Waals surface area contributed by atoms with Crippen LogP contribution in [0.3, 0.4) is 0 Å². The van der Waals surface area contributed by atoms with Gasteiger partial charge >= 0.3 is 5.69 Å². The quantitative estimate of drug-likeness (QED) is 0.356. The van der Waals surface area contributed by atoms with E-state index in [0.717, 1.165) is 22.0 Å². The second kappa shape index (κ2) is 10.3. The largest absolute Gasteiger partial charge is 0.496 e. The fraction of sp³-hybridized carbons (Fsp3) is 0.375. The molecular weight excluding hydrogens is 503 g/mol. The van der Waals surface area contributed by atoms with Crippen molar-refractivity contribution in [1.82, 2.24) is 29.4 Å². The molecule has 0 saturated carbocycles. The van der Waals surface area contributed by atoms with Crippen molar-refractivity contribution in [3.8, 4) is 10.8 Å². The van der Waals surface area contributed by atoms with Gasteiger partial charge in [-0.3, -0.25) is 14.2 Å². The molecule has 0 aliphatic heterocycles. The summed E-state index contributed by atoms with van der Waals surface area (Å²) in [5, 5.41) is 22.8. The number of carbonyl (C=O) groups is 1. The van der Waals surface area contributed by atoms with E-state index in [0.29, 0.717) is 10.6 Å². The number of benzene rings is 1. The lowest BCUT2D eigenvalue weighted by molar-refractivity contribution is -0.124. The fourth-order valence-electron chi connectivity index (χ4n) is 4.13. The van der Waals surface area contributed by atoms with E-state index in [1.165, 1.54) is 47.9 Å². The molecule has 2 unspecified atom stereocenters. The molecule has 2 N–H and O–H groups in total. The van der Waals surface area contributed by atoms with Gasteiger partial charge in [0.1, 0.15) is 33.5 Å². The number of halogens is 1. The van der Waals surface area contributed by atoms with Gasteiger partial charge in [0.05, 0.1) is 31.4 Å². The second-order valence-electron chi connectivity index (χ2n) is 8.84. The van der Waals surface area contributed by atoms with Crippen LogP contribution in [-0.4, -0.2) is 48.3 Å². The SMILES string of the molecule is COc1ccc(F)cc1C(O)Cn1c(=O)n(C(C)C(=O)NC(C)C)c(=O)c2c(C)c(-n3nccn3)sc21. The molecule has 0 bridgehead atoms. The van der Waals surface area contributed by atoms with Crippen molar-refractivity contribution in [2.24, 2.45) is 0 Å². The predicted molar refractivity (Wildman–Crippen MR) is 136 cm³/mol. The average molecular weight is 531 g/mol. The minimum absolute atomic E-state index is 0.133. The van der Waals surface area contributed by atoms with Crippen molar-refractivity contribution in [3.05, 3.63) is 68.4 Å². The van der Waals surface area contributed by atoms with Crippen LogP contribution in [0, 0.1) is 12.7 Å². The molecule has 11 nitrogen and oxygen atoms in total. The summed E-state index contributed by atoms with van der Waals surface area (Å²) in [6.45, 7) is 6.36. The van der Waals surface area contributed by atoms with E-state index >= 15 is 0 Å². The van der Waals surface area contributed by atoms with Crippen molar-refractivity contribution >= 4 is 27.5 Å². The van der Waals surface area contributed by atoms with E-state index < -0.39 is 35.1 Å². The van der Waals surface area contributed by atoms with Crippen molar-refractivity contribution in [2.45, 2.75) is 52.4 Å². The number of fused-ring (bicyclic) bond motifs is 1. The Balaban J connectivity index is 1.96. The first-order valence-electron chi connectivity index (χ1n) is 11.5. The van der Waals surface area contributed by atoms with E-state index in [9.17, 15) is 23.9 Å². The maximum Gasteiger partial charge on any atom is 0.332 e. The number of amides is 1. The van der Waals surface area contributed by atoms with Crippen LogP contribution < -0.4 is 21.3 Å². The van der Waals surface area contributed by atoms with E-state index in [1.54, 1.807) is 20.8 Å². The summed E-state index contributed by atoms with van der Waals surface area (Å²) in [6, 6.07) is 2.35. The molecule has 1 aromatic carbocycles. The number of nitrogens with zero attached hydrogens (tertiary/aromatic N) is 5. The molecule has 2 atom stereocenters. The van der Waals surface area contributed by atoms with Gasteiger partial charge in [0.25, 0.3) is 5.56 Å². The number of nitrogens with one attached hydrogen (secondary N) is 1. The van der Waals surface area contributed by atoms with E-state index in [2.05, 4.69) is 15.5 Å². The lowest BCUT2D eigenvalue weighted by Crippen LogP contribution is -2.47. The highest BCUT2D eigenvalue weighted by Gasteiger charge is 2.28. The smallest absolute Gasteiger partial charge is 0.332 e. The molecule has 0 fully saturated rings. The third-order valence-electron chi connectivity index (χ3n) is 5.92. The molecule has 0 saturated heterocycles. The molecule has 0 aliphatic rings.